The third kappa shape index (κ3) is 4.17. The third-order valence-electron chi connectivity index (χ3n) is 5.37. The van der Waals surface area contributed by atoms with Crippen LogP contribution >= 0.6 is 11.8 Å². The molecule has 160 valence electrons. The number of unbranched alkanes of at least 4 members (excludes halogenated alkanes) is 1. The van der Waals surface area contributed by atoms with Gasteiger partial charge in [0.05, 0.1) is 33.2 Å². The summed E-state index contributed by atoms with van der Waals surface area (Å²) >= 11 is 1.70. The highest BCUT2D eigenvalue weighted by molar-refractivity contribution is 7.99. The van der Waals surface area contributed by atoms with Crippen molar-refractivity contribution in [1.29, 1.82) is 0 Å². The summed E-state index contributed by atoms with van der Waals surface area (Å²) in [5.41, 5.74) is 17.2. The van der Waals surface area contributed by atoms with Crippen molar-refractivity contribution in [1.82, 2.24) is 9.78 Å². The summed E-state index contributed by atoms with van der Waals surface area (Å²) in [5, 5.41) is 4.77. The van der Waals surface area contributed by atoms with Crippen molar-refractivity contribution < 1.29 is 4.79 Å². The van der Waals surface area contributed by atoms with Gasteiger partial charge in [-0.2, -0.15) is 5.10 Å². The van der Waals surface area contributed by atoms with Crippen LogP contribution in [-0.4, -0.2) is 27.2 Å². The number of aryl methyl sites for hydroxylation is 1. The lowest BCUT2D eigenvalue weighted by atomic mass is 9.75. The van der Waals surface area contributed by atoms with Gasteiger partial charge in [-0.05, 0) is 43.1 Å². The molecular weight excluding hydrogens is 394 g/mol. The van der Waals surface area contributed by atoms with Crippen molar-refractivity contribution >= 4 is 29.1 Å². The molecule has 6 nitrogen and oxygen atoms in total. The second-order valence-corrected chi connectivity index (χ2v) is 9.64. The van der Waals surface area contributed by atoms with Crippen molar-refractivity contribution in [3.8, 4) is 5.69 Å². The van der Waals surface area contributed by atoms with Gasteiger partial charge in [-0.25, -0.2) is 9.67 Å². The number of benzene rings is 1. The number of fused-ring (bicyclic) bond motifs is 1. The van der Waals surface area contributed by atoms with E-state index in [-0.39, 0.29) is 11.2 Å². The standard InChI is InChI=1S/C23H31N5OS/c1-6-8-11-30-21-16(10-9-15(20(21)24)22(25)26-7-2)28-17-12-23(4,5)13-18(29)19(17)14(3)27-28/h7,9-10H,2,6,8,11-13,24H2,1,3-5H3,(H2,25,26). The second kappa shape index (κ2) is 8.68. The van der Waals surface area contributed by atoms with E-state index >= 15 is 0 Å². The van der Waals surface area contributed by atoms with E-state index in [4.69, 9.17) is 16.6 Å². The van der Waals surface area contributed by atoms with Crippen LogP contribution in [0.1, 0.15) is 67.3 Å². The van der Waals surface area contributed by atoms with Gasteiger partial charge >= 0.3 is 0 Å². The first-order valence-corrected chi connectivity index (χ1v) is 11.3. The van der Waals surface area contributed by atoms with Gasteiger partial charge in [0.15, 0.2) is 5.78 Å². The first kappa shape index (κ1) is 22.2. The van der Waals surface area contributed by atoms with E-state index in [1.807, 2.05) is 23.7 Å². The minimum atomic E-state index is -0.101. The average Bonchev–Trinajstić information content (AvgIpc) is 2.98. The molecule has 7 heteroatoms. The Labute approximate surface area is 182 Å². The van der Waals surface area contributed by atoms with Crippen LogP contribution in [0.4, 0.5) is 5.69 Å². The van der Waals surface area contributed by atoms with Crippen LogP contribution in [0.25, 0.3) is 5.69 Å². The van der Waals surface area contributed by atoms with E-state index in [0.29, 0.717) is 23.5 Å². The average molecular weight is 426 g/mol. The summed E-state index contributed by atoms with van der Waals surface area (Å²) in [6.45, 7) is 11.9. The van der Waals surface area contributed by atoms with Crippen LogP contribution in [0.15, 0.2) is 34.8 Å². The molecule has 0 amide bonds. The Morgan fingerprint density at radius 3 is 2.80 bits per heavy atom. The molecule has 3 rings (SSSR count). The molecule has 0 fully saturated rings. The SMILES string of the molecule is C=C/N=C(/N)c1ccc(-n2nc(C)c3c2CC(C)(C)CC3=O)c(SCCCC)c1N. The fraction of sp³-hybridized carbons (Fsp3) is 0.435. The molecule has 0 radical (unpaired) electrons. The van der Waals surface area contributed by atoms with Gasteiger partial charge in [0, 0.05) is 18.2 Å². The lowest BCUT2D eigenvalue weighted by Gasteiger charge is -2.29. The Bertz CT molecular complexity index is 1020. The van der Waals surface area contributed by atoms with Crippen molar-refractivity contribution in [2.24, 2.45) is 16.1 Å². The van der Waals surface area contributed by atoms with Crippen LogP contribution in [-0.2, 0) is 6.42 Å². The highest BCUT2D eigenvalue weighted by atomic mass is 32.2. The first-order chi connectivity index (χ1) is 14.2. The molecule has 2 aromatic rings. The quantitative estimate of drug-likeness (QED) is 0.221. The highest BCUT2D eigenvalue weighted by Crippen LogP contribution is 2.40. The molecule has 1 heterocycles. The van der Waals surface area contributed by atoms with Gasteiger partial charge in [0.25, 0.3) is 0 Å². The van der Waals surface area contributed by atoms with Gasteiger partial charge in [-0.15, -0.1) is 11.8 Å². The summed E-state index contributed by atoms with van der Waals surface area (Å²) in [7, 11) is 0. The Morgan fingerprint density at radius 1 is 1.40 bits per heavy atom. The topological polar surface area (TPSA) is 99.3 Å². The number of ketones is 1. The number of Topliss-reactive ketones (excluding diaryl/α,β-unsaturated/α-hetero) is 1. The number of amidine groups is 1. The molecule has 0 aliphatic heterocycles. The number of anilines is 1. The van der Waals surface area contributed by atoms with Crippen molar-refractivity contribution in [3.63, 3.8) is 0 Å². The van der Waals surface area contributed by atoms with E-state index in [0.717, 1.165) is 52.5 Å². The predicted molar refractivity (Wildman–Crippen MR) is 126 cm³/mol. The molecule has 0 atom stereocenters. The van der Waals surface area contributed by atoms with Crippen LogP contribution in [0, 0.1) is 12.3 Å². The van der Waals surface area contributed by atoms with E-state index in [2.05, 4.69) is 32.3 Å². The summed E-state index contributed by atoms with van der Waals surface area (Å²) in [6.07, 6.45) is 4.91. The Morgan fingerprint density at radius 2 is 2.13 bits per heavy atom. The normalized spacial score (nSPS) is 15.9. The minimum Gasteiger partial charge on any atom is -0.397 e. The smallest absolute Gasteiger partial charge is 0.167 e. The molecule has 1 aromatic carbocycles. The monoisotopic (exact) mass is 425 g/mol. The van der Waals surface area contributed by atoms with E-state index in [1.54, 1.807) is 11.8 Å². The molecule has 30 heavy (non-hydrogen) atoms. The van der Waals surface area contributed by atoms with Gasteiger partial charge in [-0.1, -0.05) is 33.8 Å². The number of carbonyl (C=O) groups excluding carboxylic acids is 1. The number of carbonyl (C=O) groups is 1. The van der Waals surface area contributed by atoms with Crippen LogP contribution in [0.3, 0.4) is 0 Å². The maximum absolute atomic E-state index is 12.8. The number of thioether (sulfide) groups is 1. The zero-order valence-corrected chi connectivity index (χ0v) is 19.1. The fourth-order valence-electron chi connectivity index (χ4n) is 3.96. The van der Waals surface area contributed by atoms with E-state index < -0.39 is 0 Å². The molecule has 1 aliphatic rings. The molecule has 0 saturated heterocycles. The van der Waals surface area contributed by atoms with Crippen LogP contribution in [0.2, 0.25) is 0 Å². The molecule has 0 spiro atoms. The first-order valence-electron chi connectivity index (χ1n) is 10.3. The molecule has 0 unspecified atom stereocenters. The zero-order chi connectivity index (χ0) is 22.1. The number of rotatable bonds is 7. The molecule has 1 aromatic heterocycles. The Kier molecular flexibility index (Phi) is 6.41. The number of nitrogens with zero attached hydrogens (tertiary/aromatic N) is 3. The van der Waals surface area contributed by atoms with Gasteiger partial charge < -0.3 is 11.5 Å². The van der Waals surface area contributed by atoms with Crippen molar-refractivity contribution in [3.05, 3.63) is 47.4 Å². The second-order valence-electron chi connectivity index (χ2n) is 8.53. The number of hydrogen-bond acceptors (Lipinski definition) is 5. The Balaban J connectivity index is 2.20. The van der Waals surface area contributed by atoms with Crippen LogP contribution < -0.4 is 11.5 Å². The number of hydrogen-bond donors (Lipinski definition) is 2. The van der Waals surface area contributed by atoms with Crippen LogP contribution in [0.5, 0.6) is 0 Å². The predicted octanol–water partition coefficient (Wildman–Crippen LogP) is 4.66. The number of aromatic nitrogens is 2. The van der Waals surface area contributed by atoms with Gasteiger partial charge in [-0.3, -0.25) is 4.79 Å². The number of nitrogens with two attached hydrogens (primary N) is 2. The Hall–Kier alpha value is -2.54. The lowest BCUT2D eigenvalue weighted by Crippen LogP contribution is -2.28. The largest absolute Gasteiger partial charge is 0.397 e. The zero-order valence-electron chi connectivity index (χ0n) is 18.3. The fourth-order valence-corrected chi connectivity index (χ4v) is 5.16. The molecule has 4 N–H and O–H groups in total. The molecule has 0 bridgehead atoms. The van der Waals surface area contributed by atoms with E-state index in [1.165, 1.54) is 6.20 Å². The maximum Gasteiger partial charge on any atom is 0.167 e. The number of aliphatic imine (C=N–C) groups is 1. The molecular formula is C23H31N5OS. The number of nitrogen functional groups attached to an aromatic ring is 1. The highest BCUT2D eigenvalue weighted by Gasteiger charge is 2.36. The maximum atomic E-state index is 12.8. The van der Waals surface area contributed by atoms with Gasteiger partial charge in [0.1, 0.15) is 5.84 Å². The molecule has 0 saturated carbocycles. The van der Waals surface area contributed by atoms with Gasteiger partial charge in [0.2, 0.25) is 0 Å². The third-order valence-corrected chi connectivity index (χ3v) is 6.58. The van der Waals surface area contributed by atoms with Crippen molar-refractivity contribution in [2.45, 2.75) is 58.3 Å². The van der Waals surface area contributed by atoms with Crippen molar-refractivity contribution in [2.75, 3.05) is 11.5 Å². The summed E-state index contributed by atoms with van der Waals surface area (Å²) < 4.78 is 1.92. The van der Waals surface area contributed by atoms with E-state index in [9.17, 15) is 4.79 Å². The minimum absolute atomic E-state index is 0.101. The summed E-state index contributed by atoms with van der Waals surface area (Å²) in [4.78, 5) is 17.8. The summed E-state index contributed by atoms with van der Waals surface area (Å²) in [5.74, 6) is 1.43. The summed E-state index contributed by atoms with van der Waals surface area (Å²) in [6, 6.07) is 3.85. The molecule has 1 aliphatic carbocycles. The lowest BCUT2D eigenvalue weighted by molar-refractivity contribution is 0.0910.